The molecule has 1 saturated heterocycles. The highest BCUT2D eigenvalue weighted by molar-refractivity contribution is 7.89. The Labute approximate surface area is 131 Å². The Morgan fingerprint density at radius 3 is 2.95 bits per heavy atom. The van der Waals surface area contributed by atoms with Crippen molar-refractivity contribution in [1.29, 1.82) is 0 Å². The molecule has 0 aliphatic carbocycles. The molecule has 22 heavy (non-hydrogen) atoms. The molecular formula is C14H22N4O3S. The van der Waals surface area contributed by atoms with Crippen molar-refractivity contribution in [2.75, 3.05) is 18.8 Å². The lowest BCUT2D eigenvalue weighted by atomic mass is 9.99. The molecule has 1 aromatic heterocycles. The number of sulfonamides is 1. The summed E-state index contributed by atoms with van der Waals surface area (Å²) in [4.78, 5) is 12.1. The highest BCUT2D eigenvalue weighted by Crippen LogP contribution is 2.19. The number of amides is 1. The van der Waals surface area contributed by atoms with Gasteiger partial charge in [0.2, 0.25) is 15.9 Å². The first kappa shape index (κ1) is 16.7. The maximum absolute atomic E-state index is 12.1. The second kappa shape index (κ2) is 7.06. The van der Waals surface area contributed by atoms with Gasteiger partial charge in [-0.3, -0.25) is 4.79 Å². The van der Waals surface area contributed by atoms with Crippen molar-refractivity contribution >= 4 is 22.1 Å². The molecule has 2 rings (SSSR count). The Hall–Kier alpha value is -1.67. The van der Waals surface area contributed by atoms with Gasteiger partial charge in [-0.1, -0.05) is 0 Å². The van der Waals surface area contributed by atoms with Gasteiger partial charge in [0.25, 0.3) is 0 Å². The number of hydrogen-bond donors (Lipinski definition) is 1. The van der Waals surface area contributed by atoms with Gasteiger partial charge in [-0.15, -0.1) is 0 Å². The number of nitrogens with zero attached hydrogens (tertiary/aromatic N) is 3. The van der Waals surface area contributed by atoms with Gasteiger partial charge in [-0.2, -0.15) is 5.10 Å². The lowest BCUT2D eigenvalue weighted by molar-refractivity contribution is -0.126. The number of rotatable bonds is 5. The maximum Gasteiger partial charge on any atom is 0.244 e. The number of nitrogens with one attached hydrogen (secondary N) is 1. The van der Waals surface area contributed by atoms with Crippen LogP contribution in [-0.2, 0) is 21.9 Å². The van der Waals surface area contributed by atoms with Crippen molar-refractivity contribution in [1.82, 2.24) is 14.3 Å². The first-order chi connectivity index (χ1) is 10.4. The van der Waals surface area contributed by atoms with Crippen LogP contribution in [-0.4, -0.2) is 48.3 Å². The second-order valence-corrected chi connectivity index (χ2v) is 7.63. The molecule has 1 N–H and O–H groups in total. The van der Waals surface area contributed by atoms with Gasteiger partial charge in [0.15, 0.2) is 0 Å². The van der Waals surface area contributed by atoms with Crippen LogP contribution in [0, 0.1) is 5.92 Å². The Morgan fingerprint density at radius 2 is 2.32 bits per heavy atom. The van der Waals surface area contributed by atoms with Gasteiger partial charge < -0.3 is 4.57 Å². The van der Waals surface area contributed by atoms with Gasteiger partial charge in [-0.05, 0) is 31.9 Å². The van der Waals surface area contributed by atoms with E-state index in [9.17, 15) is 13.2 Å². The molecule has 1 aliphatic rings. The van der Waals surface area contributed by atoms with Crippen molar-refractivity contribution < 1.29 is 13.2 Å². The van der Waals surface area contributed by atoms with Gasteiger partial charge in [0.1, 0.15) is 0 Å². The summed E-state index contributed by atoms with van der Waals surface area (Å²) in [6.45, 7) is 2.34. The van der Waals surface area contributed by atoms with Crippen LogP contribution in [0.2, 0.25) is 0 Å². The molecule has 1 amide bonds. The molecule has 2 heterocycles. The first-order valence-corrected chi connectivity index (χ1v) is 8.97. The molecule has 0 unspecified atom stereocenters. The van der Waals surface area contributed by atoms with Gasteiger partial charge >= 0.3 is 0 Å². The molecule has 8 heteroatoms. The maximum atomic E-state index is 12.1. The van der Waals surface area contributed by atoms with Crippen LogP contribution < -0.4 is 5.43 Å². The second-order valence-electron chi connectivity index (χ2n) is 5.38. The number of piperidine rings is 1. The van der Waals surface area contributed by atoms with Crippen LogP contribution in [0.1, 0.15) is 25.5 Å². The van der Waals surface area contributed by atoms with Gasteiger partial charge in [-0.25, -0.2) is 18.1 Å². The van der Waals surface area contributed by atoms with Crippen LogP contribution in [0.4, 0.5) is 0 Å². The van der Waals surface area contributed by atoms with Crippen molar-refractivity contribution in [3.8, 4) is 0 Å². The largest absolute Gasteiger partial charge is 0.350 e. The van der Waals surface area contributed by atoms with E-state index in [0.29, 0.717) is 19.4 Å². The molecule has 1 aromatic rings. The Morgan fingerprint density at radius 1 is 1.55 bits per heavy atom. The number of carbonyl (C=O) groups is 1. The Bertz CT molecular complexity index is 651. The molecule has 122 valence electrons. The highest BCUT2D eigenvalue weighted by Gasteiger charge is 2.31. The SMILES string of the molecule is CCS(=O)(=O)N1CCC[C@@H](C(=O)N/N=C\c2cccn2C)C1. The molecule has 1 aliphatic heterocycles. The van der Waals surface area contributed by atoms with E-state index in [1.54, 1.807) is 13.1 Å². The van der Waals surface area contributed by atoms with E-state index in [1.807, 2.05) is 29.9 Å². The summed E-state index contributed by atoms with van der Waals surface area (Å²) >= 11 is 0. The Balaban J connectivity index is 1.92. The van der Waals surface area contributed by atoms with Crippen LogP contribution in [0.15, 0.2) is 23.4 Å². The number of hydrazone groups is 1. The topological polar surface area (TPSA) is 83.8 Å². The molecule has 0 radical (unpaired) electrons. The van der Waals surface area contributed by atoms with Crippen LogP contribution in [0.3, 0.4) is 0 Å². The highest BCUT2D eigenvalue weighted by atomic mass is 32.2. The van der Waals surface area contributed by atoms with E-state index in [0.717, 1.165) is 5.69 Å². The summed E-state index contributed by atoms with van der Waals surface area (Å²) in [5.74, 6) is -0.519. The third-order valence-electron chi connectivity index (χ3n) is 3.87. The molecule has 0 bridgehead atoms. The average Bonchev–Trinajstić information content (AvgIpc) is 2.92. The summed E-state index contributed by atoms with van der Waals surface area (Å²) in [6.07, 6.45) is 4.83. The van der Waals surface area contributed by atoms with Crippen molar-refractivity contribution in [2.45, 2.75) is 19.8 Å². The van der Waals surface area contributed by atoms with Gasteiger partial charge in [0.05, 0.1) is 23.6 Å². The zero-order chi connectivity index (χ0) is 16.2. The fourth-order valence-electron chi connectivity index (χ4n) is 2.45. The predicted molar refractivity (Wildman–Crippen MR) is 84.9 cm³/mol. The summed E-state index contributed by atoms with van der Waals surface area (Å²) in [6, 6.07) is 3.77. The number of hydrogen-bond acceptors (Lipinski definition) is 4. The number of carbonyl (C=O) groups excluding carboxylic acids is 1. The summed E-state index contributed by atoms with van der Waals surface area (Å²) in [5.41, 5.74) is 3.38. The van der Waals surface area contributed by atoms with E-state index in [4.69, 9.17) is 0 Å². The standard InChI is InChI=1S/C14H22N4O3S/c1-3-22(20,21)18-9-4-6-12(11-18)14(19)16-15-10-13-7-5-8-17(13)2/h5,7-8,10,12H,3-4,6,9,11H2,1-2H3,(H,16,19)/b15-10-/t12-/m1/s1. The minimum Gasteiger partial charge on any atom is -0.350 e. The third-order valence-corrected chi connectivity index (χ3v) is 5.72. The average molecular weight is 326 g/mol. The molecular weight excluding hydrogens is 304 g/mol. The normalized spacial score (nSPS) is 20.4. The minimum atomic E-state index is -3.24. The monoisotopic (exact) mass is 326 g/mol. The first-order valence-electron chi connectivity index (χ1n) is 7.36. The molecule has 0 aromatic carbocycles. The third kappa shape index (κ3) is 3.95. The fourth-order valence-corrected chi connectivity index (χ4v) is 3.63. The molecule has 1 fully saturated rings. The summed E-state index contributed by atoms with van der Waals surface area (Å²) < 4.78 is 27.1. The number of aromatic nitrogens is 1. The van der Waals surface area contributed by atoms with Crippen molar-refractivity contribution in [3.05, 3.63) is 24.0 Å². The predicted octanol–water partition coefficient (Wildman–Crippen LogP) is 0.537. The molecule has 1 atom stereocenters. The van der Waals surface area contributed by atoms with E-state index >= 15 is 0 Å². The van der Waals surface area contributed by atoms with E-state index in [1.165, 1.54) is 4.31 Å². The summed E-state index contributed by atoms with van der Waals surface area (Å²) in [7, 11) is -1.35. The minimum absolute atomic E-state index is 0.0625. The van der Waals surface area contributed by atoms with Gasteiger partial charge in [0, 0.05) is 26.3 Å². The Kier molecular flexibility index (Phi) is 5.36. The fraction of sp³-hybridized carbons (Fsp3) is 0.571. The van der Waals surface area contributed by atoms with Crippen molar-refractivity contribution in [2.24, 2.45) is 18.1 Å². The molecule has 0 saturated carbocycles. The zero-order valence-electron chi connectivity index (χ0n) is 12.9. The number of aryl methyl sites for hydroxylation is 1. The smallest absolute Gasteiger partial charge is 0.244 e. The van der Waals surface area contributed by atoms with Crippen LogP contribution >= 0.6 is 0 Å². The van der Waals surface area contributed by atoms with Crippen LogP contribution in [0.25, 0.3) is 0 Å². The van der Waals surface area contributed by atoms with Crippen LogP contribution in [0.5, 0.6) is 0 Å². The van der Waals surface area contributed by atoms with E-state index in [-0.39, 0.29) is 24.1 Å². The quantitative estimate of drug-likeness (QED) is 0.633. The lowest BCUT2D eigenvalue weighted by Crippen LogP contribution is -2.45. The molecule has 7 nitrogen and oxygen atoms in total. The summed E-state index contributed by atoms with van der Waals surface area (Å²) in [5, 5.41) is 3.94. The van der Waals surface area contributed by atoms with Crippen molar-refractivity contribution in [3.63, 3.8) is 0 Å². The molecule has 0 spiro atoms. The van der Waals surface area contributed by atoms with E-state index in [2.05, 4.69) is 10.5 Å². The van der Waals surface area contributed by atoms with E-state index < -0.39 is 10.0 Å². The zero-order valence-corrected chi connectivity index (χ0v) is 13.7. The lowest BCUT2D eigenvalue weighted by Gasteiger charge is -2.30.